The number of carbonyl (C=O) groups is 2. The Labute approximate surface area is 203 Å². The first kappa shape index (κ1) is 24.0. The summed E-state index contributed by atoms with van der Waals surface area (Å²) in [7, 11) is 0. The molecule has 0 atom stereocenters. The largest absolute Gasteiger partial charge is 0.461 e. The minimum atomic E-state index is -0.468. The van der Waals surface area contributed by atoms with Crippen molar-refractivity contribution < 1.29 is 18.7 Å². The molecule has 6 nitrogen and oxygen atoms in total. The van der Waals surface area contributed by atoms with Gasteiger partial charge in [-0.3, -0.25) is 9.59 Å². The number of carbonyl (C=O) groups excluding carboxylic acids is 2. The lowest BCUT2D eigenvalue weighted by atomic mass is 9.95. The third-order valence-electron chi connectivity index (χ3n) is 6.42. The molecule has 1 aromatic heterocycles. The summed E-state index contributed by atoms with van der Waals surface area (Å²) in [6.07, 6.45) is 1.07. The summed E-state index contributed by atoms with van der Waals surface area (Å²) in [6.45, 7) is 7.18. The first-order valence-electron chi connectivity index (χ1n) is 11.5. The standard InChI is InChI=1S/C27H28ClNO5/c1-16(2)22-14-23-20(13-25(30)34-24(23)12-17(22)3)15-33-27(32)19-8-10-29(11-9-19)26(31)18-4-6-21(28)7-5-18/h4-7,12-14,16,19H,8-11,15H2,1-3H3. The third-order valence-corrected chi connectivity index (χ3v) is 6.67. The van der Waals surface area contributed by atoms with E-state index in [1.807, 2.05) is 19.1 Å². The van der Waals surface area contributed by atoms with Crippen LogP contribution in [-0.2, 0) is 16.1 Å². The van der Waals surface area contributed by atoms with Gasteiger partial charge in [0.05, 0.1) is 5.92 Å². The van der Waals surface area contributed by atoms with E-state index in [1.165, 1.54) is 6.07 Å². The summed E-state index contributed by atoms with van der Waals surface area (Å²) in [5.74, 6) is -0.347. The number of amides is 1. The molecule has 1 fully saturated rings. The van der Waals surface area contributed by atoms with E-state index in [9.17, 15) is 14.4 Å². The highest BCUT2D eigenvalue weighted by Gasteiger charge is 2.29. The molecule has 0 radical (unpaired) electrons. The molecular formula is C27H28ClNO5. The second kappa shape index (κ2) is 10.0. The maximum atomic E-state index is 12.8. The fourth-order valence-electron chi connectivity index (χ4n) is 4.49. The van der Waals surface area contributed by atoms with Crippen LogP contribution < -0.4 is 5.63 Å². The second-order valence-corrected chi connectivity index (χ2v) is 9.57. The molecule has 1 aliphatic rings. The molecule has 178 valence electrons. The van der Waals surface area contributed by atoms with Crippen molar-refractivity contribution in [2.75, 3.05) is 13.1 Å². The van der Waals surface area contributed by atoms with Crippen LogP contribution >= 0.6 is 11.6 Å². The fourth-order valence-corrected chi connectivity index (χ4v) is 4.62. The molecular weight excluding hydrogens is 454 g/mol. The Morgan fingerprint density at radius 3 is 2.44 bits per heavy atom. The maximum absolute atomic E-state index is 12.8. The molecule has 0 unspecified atom stereocenters. The first-order valence-corrected chi connectivity index (χ1v) is 11.9. The van der Waals surface area contributed by atoms with Crippen molar-refractivity contribution >= 4 is 34.4 Å². The van der Waals surface area contributed by atoms with Gasteiger partial charge in [0.15, 0.2) is 0 Å². The Balaban J connectivity index is 1.40. The zero-order valence-corrected chi connectivity index (χ0v) is 20.4. The number of esters is 1. The van der Waals surface area contributed by atoms with Crippen molar-refractivity contribution in [3.8, 4) is 0 Å². The topological polar surface area (TPSA) is 76.8 Å². The normalized spacial score (nSPS) is 14.6. The molecule has 0 saturated carbocycles. The van der Waals surface area contributed by atoms with Gasteiger partial charge in [0, 0.05) is 40.7 Å². The number of nitrogens with zero attached hydrogens (tertiary/aromatic N) is 1. The van der Waals surface area contributed by atoms with E-state index in [0.29, 0.717) is 53.6 Å². The van der Waals surface area contributed by atoms with Crippen LogP contribution in [0.3, 0.4) is 0 Å². The number of aryl methyl sites for hydroxylation is 1. The van der Waals surface area contributed by atoms with Crippen molar-refractivity contribution in [1.29, 1.82) is 0 Å². The smallest absolute Gasteiger partial charge is 0.336 e. The maximum Gasteiger partial charge on any atom is 0.336 e. The summed E-state index contributed by atoms with van der Waals surface area (Å²) in [5.41, 5.74) is 3.46. The number of halogens is 1. The number of likely N-dealkylation sites (tertiary alicyclic amines) is 1. The van der Waals surface area contributed by atoms with Crippen LogP contribution in [0, 0.1) is 12.8 Å². The minimum absolute atomic E-state index is 0.00541. The zero-order chi connectivity index (χ0) is 24.4. The Morgan fingerprint density at radius 2 is 1.79 bits per heavy atom. The summed E-state index contributed by atoms with van der Waals surface area (Å²) in [6, 6.07) is 12.1. The SMILES string of the molecule is Cc1cc2oc(=O)cc(COC(=O)C3CCN(C(=O)c4ccc(Cl)cc4)CC3)c2cc1C(C)C. The van der Waals surface area contributed by atoms with Crippen molar-refractivity contribution in [1.82, 2.24) is 4.90 Å². The van der Waals surface area contributed by atoms with Gasteiger partial charge in [0.2, 0.25) is 0 Å². The lowest BCUT2D eigenvalue weighted by molar-refractivity contribution is -0.151. The highest BCUT2D eigenvalue weighted by Crippen LogP contribution is 2.28. The minimum Gasteiger partial charge on any atom is -0.461 e. The number of fused-ring (bicyclic) bond motifs is 1. The van der Waals surface area contributed by atoms with Crippen LogP contribution in [0.25, 0.3) is 11.0 Å². The molecule has 0 N–H and O–H groups in total. The number of benzene rings is 2. The molecule has 2 aromatic carbocycles. The average molecular weight is 482 g/mol. The molecule has 4 rings (SSSR count). The van der Waals surface area contributed by atoms with E-state index in [1.54, 1.807) is 29.2 Å². The van der Waals surface area contributed by atoms with Gasteiger partial charge >= 0.3 is 11.6 Å². The van der Waals surface area contributed by atoms with E-state index in [-0.39, 0.29) is 24.4 Å². The van der Waals surface area contributed by atoms with Crippen LogP contribution in [-0.4, -0.2) is 29.9 Å². The second-order valence-electron chi connectivity index (χ2n) is 9.13. The molecule has 34 heavy (non-hydrogen) atoms. The van der Waals surface area contributed by atoms with Crippen LogP contribution in [0.4, 0.5) is 0 Å². The number of piperidine rings is 1. The highest BCUT2D eigenvalue weighted by atomic mass is 35.5. The Kier molecular flexibility index (Phi) is 7.08. The van der Waals surface area contributed by atoms with Crippen molar-refractivity contribution in [3.05, 3.63) is 80.2 Å². The molecule has 1 amide bonds. The number of hydrogen-bond donors (Lipinski definition) is 0. The van der Waals surface area contributed by atoms with E-state index >= 15 is 0 Å². The fraction of sp³-hybridized carbons (Fsp3) is 0.370. The van der Waals surface area contributed by atoms with Gasteiger partial charge in [-0.15, -0.1) is 0 Å². The lowest BCUT2D eigenvalue weighted by Crippen LogP contribution is -2.40. The van der Waals surface area contributed by atoms with Gasteiger partial charge in [-0.05, 0) is 73.2 Å². The lowest BCUT2D eigenvalue weighted by Gasteiger charge is -2.31. The van der Waals surface area contributed by atoms with Crippen molar-refractivity contribution in [2.24, 2.45) is 5.92 Å². The molecule has 0 bridgehead atoms. The third kappa shape index (κ3) is 5.17. The molecule has 2 heterocycles. The predicted molar refractivity (Wildman–Crippen MR) is 131 cm³/mol. The zero-order valence-electron chi connectivity index (χ0n) is 19.6. The van der Waals surface area contributed by atoms with Crippen LogP contribution in [0.5, 0.6) is 0 Å². The predicted octanol–water partition coefficient (Wildman–Crippen LogP) is 5.47. The monoisotopic (exact) mass is 481 g/mol. The van der Waals surface area contributed by atoms with Gasteiger partial charge in [0.1, 0.15) is 12.2 Å². The van der Waals surface area contributed by atoms with E-state index in [2.05, 4.69) is 13.8 Å². The van der Waals surface area contributed by atoms with Crippen LogP contribution in [0.15, 0.2) is 51.7 Å². The van der Waals surface area contributed by atoms with Gasteiger partial charge in [-0.2, -0.15) is 0 Å². The van der Waals surface area contributed by atoms with Gasteiger partial charge in [0.25, 0.3) is 5.91 Å². The quantitative estimate of drug-likeness (QED) is 0.356. The summed E-state index contributed by atoms with van der Waals surface area (Å²) in [4.78, 5) is 39.3. The molecule has 0 aliphatic carbocycles. The van der Waals surface area contributed by atoms with Crippen molar-refractivity contribution in [3.63, 3.8) is 0 Å². The van der Waals surface area contributed by atoms with E-state index in [4.69, 9.17) is 20.8 Å². The molecule has 7 heteroatoms. The molecule has 1 saturated heterocycles. The van der Waals surface area contributed by atoms with Crippen LogP contribution in [0.2, 0.25) is 5.02 Å². The number of hydrogen-bond acceptors (Lipinski definition) is 5. The summed E-state index contributed by atoms with van der Waals surface area (Å²) in [5, 5.41) is 1.36. The van der Waals surface area contributed by atoms with E-state index in [0.717, 1.165) is 16.5 Å². The van der Waals surface area contributed by atoms with Gasteiger partial charge in [-0.1, -0.05) is 25.4 Å². The first-order chi connectivity index (χ1) is 16.2. The Bertz CT molecular complexity index is 1270. The number of rotatable bonds is 5. The molecule has 1 aliphatic heterocycles. The average Bonchev–Trinajstić information content (AvgIpc) is 2.81. The van der Waals surface area contributed by atoms with Gasteiger partial charge < -0.3 is 14.1 Å². The molecule has 3 aromatic rings. The number of ether oxygens (including phenoxy) is 1. The summed E-state index contributed by atoms with van der Waals surface area (Å²) < 4.78 is 11.0. The van der Waals surface area contributed by atoms with Gasteiger partial charge in [-0.25, -0.2) is 4.79 Å². The molecule has 0 spiro atoms. The summed E-state index contributed by atoms with van der Waals surface area (Å²) >= 11 is 5.90. The van der Waals surface area contributed by atoms with Crippen molar-refractivity contribution in [2.45, 2.75) is 46.1 Å². The Hall–Kier alpha value is -3.12. The Morgan fingerprint density at radius 1 is 1.12 bits per heavy atom. The highest BCUT2D eigenvalue weighted by molar-refractivity contribution is 6.30. The van der Waals surface area contributed by atoms with E-state index < -0.39 is 5.63 Å². The van der Waals surface area contributed by atoms with Crippen LogP contribution in [0.1, 0.15) is 59.7 Å².